The van der Waals surface area contributed by atoms with Crippen LogP contribution in [0.2, 0.25) is 0 Å². The first-order valence-corrected chi connectivity index (χ1v) is 11.4. The second-order valence-corrected chi connectivity index (χ2v) is 9.87. The van der Waals surface area contributed by atoms with Crippen molar-refractivity contribution in [2.45, 2.75) is 11.3 Å². The van der Waals surface area contributed by atoms with E-state index in [1.54, 1.807) is 30.3 Å². The largest absolute Gasteiger partial charge is 0.489 e. The number of hydrogen-bond donors (Lipinski definition) is 1. The fourth-order valence-corrected chi connectivity index (χ4v) is 5.94. The molecule has 7 nitrogen and oxygen atoms in total. The van der Waals surface area contributed by atoms with Gasteiger partial charge < -0.3 is 10.1 Å². The first kappa shape index (κ1) is 18.7. The Labute approximate surface area is 177 Å². The van der Waals surface area contributed by atoms with E-state index in [0.717, 1.165) is 10.4 Å². The van der Waals surface area contributed by atoms with Crippen molar-refractivity contribution >= 4 is 38.6 Å². The average Bonchev–Trinajstić information content (AvgIpc) is 3.37. The lowest BCUT2D eigenvalue weighted by Gasteiger charge is -2.31. The Bertz CT molecular complexity index is 1340. The van der Waals surface area contributed by atoms with Crippen molar-refractivity contribution in [1.82, 2.24) is 0 Å². The lowest BCUT2D eigenvalue weighted by Crippen LogP contribution is -2.38. The van der Waals surface area contributed by atoms with Crippen molar-refractivity contribution in [1.29, 1.82) is 5.26 Å². The number of benzene rings is 2. The number of carbonyl (C=O) groups excluding carboxylic acids is 1. The van der Waals surface area contributed by atoms with Gasteiger partial charge in [-0.1, -0.05) is 0 Å². The minimum atomic E-state index is -3.85. The smallest absolute Gasteiger partial charge is 0.264 e. The summed E-state index contributed by atoms with van der Waals surface area (Å²) >= 11 is 1.35. The summed E-state index contributed by atoms with van der Waals surface area (Å²) in [6.45, 7) is 0.426. The second kappa shape index (κ2) is 6.86. The van der Waals surface area contributed by atoms with Crippen molar-refractivity contribution in [3.05, 3.63) is 59.0 Å². The molecule has 0 saturated carbocycles. The third-order valence-electron chi connectivity index (χ3n) is 5.07. The summed E-state index contributed by atoms with van der Waals surface area (Å²) in [5.41, 5.74) is 2.59. The molecule has 1 amide bonds. The van der Waals surface area contributed by atoms with Crippen LogP contribution >= 0.6 is 11.3 Å². The number of ether oxygens (including phenoxy) is 1. The minimum Gasteiger partial charge on any atom is -0.489 e. The van der Waals surface area contributed by atoms with Gasteiger partial charge in [-0.15, -0.1) is 11.3 Å². The number of sulfonamides is 1. The Balaban J connectivity index is 1.57. The van der Waals surface area contributed by atoms with E-state index in [1.165, 1.54) is 21.7 Å². The number of amides is 1. The fourth-order valence-electron chi connectivity index (χ4n) is 3.64. The number of fused-ring (bicyclic) bond motifs is 2. The predicted molar refractivity (Wildman–Crippen MR) is 113 cm³/mol. The monoisotopic (exact) mass is 437 g/mol. The van der Waals surface area contributed by atoms with Crippen LogP contribution in [0.5, 0.6) is 5.75 Å². The van der Waals surface area contributed by atoms with Crippen LogP contribution in [-0.4, -0.2) is 27.5 Å². The molecule has 2 aliphatic heterocycles. The molecule has 1 aromatic heterocycles. The number of hydrogen-bond acceptors (Lipinski definition) is 6. The van der Waals surface area contributed by atoms with E-state index >= 15 is 0 Å². The van der Waals surface area contributed by atoms with E-state index in [2.05, 4.69) is 11.4 Å². The molecule has 3 heterocycles. The zero-order valence-corrected chi connectivity index (χ0v) is 17.2. The average molecular weight is 438 g/mol. The zero-order valence-electron chi connectivity index (χ0n) is 15.6. The van der Waals surface area contributed by atoms with Crippen molar-refractivity contribution < 1.29 is 17.9 Å². The molecular formula is C21H15N3O4S2. The molecule has 0 atom stereocenters. The number of nitrogens with zero attached hydrogens (tertiary/aromatic N) is 2. The molecule has 0 bridgehead atoms. The van der Waals surface area contributed by atoms with Crippen LogP contribution in [0.25, 0.3) is 10.4 Å². The summed E-state index contributed by atoms with van der Waals surface area (Å²) in [6, 6.07) is 15.8. The van der Waals surface area contributed by atoms with Gasteiger partial charge in [0.05, 0.1) is 23.5 Å². The summed E-state index contributed by atoms with van der Waals surface area (Å²) in [4.78, 5) is 13.2. The van der Waals surface area contributed by atoms with Gasteiger partial charge in [0.25, 0.3) is 10.0 Å². The normalized spacial score (nSPS) is 15.0. The van der Waals surface area contributed by atoms with Gasteiger partial charge >= 0.3 is 0 Å². The van der Waals surface area contributed by atoms with Gasteiger partial charge in [0.1, 0.15) is 23.3 Å². The third kappa shape index (κ3) is 3.01. The van der Waals surface area contributed by atoms with Crippen LogP contribution in [0.15, 0.2) is 53.4 Å². The highest BCUT2D eigenvalue weighted by Crippen LogP contribution is 2.40. The van der Waals surface area contributed by atoms with Gasteiger partial charge in [-0.3, -0.25) is 9.10 Å². The number of anilines is 2. The van der Waals surface area contributed by atoms with E-state index in [1.807, 2.05) is 12.1 Å². The molecule has 150 valence electrons. The SMILES string of the molecule is N#Cc1ccc(-c2ccc3c(c2)N(S(=O)(=O)c2ccc4c(c2)CC(=O)N4)CCO3)s1. The summed E-state index contributed by atoms with van der Waals surface area (Å²) in [6.07, 6.45) is 0.169. The summed E-state index contributed by atoms with van der Waals surface area (Å²) in [5.74, 6) is 0.345. The van der Waals surface area contributed by atoms with Gasteiger partial charge in [-0.2, -0.15) is 5.26 Å². The highest BCUT2D eigenvalue weighted by Gasteiger charge is 2.32. The Kier molecular flexibility index (Phi) is 4.27. The summed E-state index contributed by atoms with van der Waals surface area (Å²) in [7, 11) is -3.85. The first-order valence-electron chi connectivity index (χ1n) is 9.18. The van der Waals surface area contributed by atoms with E-state index in [0.29, 0.717) is 27.6 Å². The standard InChI is InChI=1S/C21H15N3O4S2/c22-12-15-2-6-20(29-15)13-1-5-19-18(10-13)24(7-8-28-19)30(26,27)16-3-4-17-14(9-16)11-21(25)23-17/h1-6,9-10H,7-8,11H2,(H,23,25). The van der Waals surface area contributed by atoms with Gasteiger partial charge in [-0.05, 0) is 59.7 Å². The van der Waals surface area contributed by atoms with E-state index in [9.17, 15) is 13.2 Å². The number of nitriles is 1. The highest BCUT2D eigenvalue weighted by molar-refractivity contribution is 7.92. The zero-order chi connectivity index (χ0) is 20.9. The maximum Gasteiger partial charge on any atom is 0.264 e. The third-order valence-corrected chi connectivity index (χ3v) is 7.92. The van der Waals surface area contributed by atoms with Crippen molar-refractivity contribution in [2.24, 2.45) is 0 Å². The molecule has 9 heteroatoms. The van der Waals surface area contributed by atoms with Crippen LogP contribution in [0.1, 0.15) is 10.4 Å². The fraction of sp³-hybridized carbons (Fsp3) is 0.143. The first-order chi connectivity index (χ1) is 14.5. The molecule has 0 saturated heterocycles. The van der Waals surface area contributed by atoms with Crippen LogP contribution in [0.4, 0.5) is 11.4 Å². The molecule has 0 fully saturated rings. The van der Waals surface area contributed by atoms with Gasteiger partial charge in [0.2, 0.25) is 5.91 Å². The summed E-state index contributed by atoms with van der Waals surface area (Å²) < 4.78 is 33.9. The lowest BCUT2D eigenvalue weighted by atomic mass is 10.1. The maximum absolute atomic E-state index is 13.5. The van der Waals surface area contributed by atoms with E-state index in [4.69, 9.17) is 10.00 Å². The minimum absolute atomic E-state index is 0.138. The molecule has 0 aliphatic carbocycles. The highest BCUT2D eigenvalue weighted by atomic mass is 32.2. The molecule has 30 heavy (non-hydrogen) atoms. The van der Waals surface area contributed by atoms with Crippen molar-refractivity contribution in [2.75, 3.05) is 22.8 Å². The predicted octanol–water partition coefficient (Wildman–Crippen LogP) is 3.37. The van der Waals surface area contributed by atoms with Crippen LogP contribution in [-0.2, 0) is 21.2 Å². The van der Waals surface area contributed by atoms with E-state index < -0.39 is 10.0 Å². The van der Waals surface area contributed by atoms with E-state index in [-0.39, 0.29) is 30.4 Å². The quantitative estimate of drug-likeness (QED) is 0.677. The Morgan fingerprint density at radius 1 is 1.13 bits per heavy atom. The number of rotatable bonds is 3. The molecule has 2 aliphatic rings. The molecular weight excluding hydrogens is 422 g/mol. The number of carbonyl (C=O) groups is 1. The molecule has 0 unspecified atom stereocenters. The summed E-state index contributed by atoms with van der Waals surface area (Å²) in [5, 5.41) is 11.8. The molecule has 2 aromatic carbocycles. The van der Waals surface area contributed by atoms with Gasteiger partial charge in [0.15, 0.2) is 0 Å². The van der Waals surface area contributed by atoms with Crippen LogP contribution in [0, 0.1) is 11.3 Å². The second-order valence-electron chi connectivity index (χ2n) is 6.93. The molecule has 3 aromatic rings. The van der Waals surface area contributed by atoms with Crippen molar-refractivity contribution in [3.63, 3.8) is 0 Å². The molecule has 5 rings (SSSR count). The molecule has 0 radical (unpaired) electrons. The van der Waals surface area contributed by atoms with Crippen LogP contribution < -0.4 is 14.4 Å². The number of nitrogens with one attached hydrogen (secondary N) is 1. The topological polar surface area (TPSA) is 99.5 Å². The van der Waals surface area contributed by atoms with Gasteiger partial charge in [0, 0.05) is 10.6 Å². The van der Waals surface area contributed by atoms with Crippen molar-refractivity contribution in [3.8, 4) is 22.3 Å². The Morgan fingerprint density at radius 3 is 2.80 bits per heavy atom. The lowest BCUT2D eigenvalue weighted by molar-refractivity contribution is -0.115. The maximum atomic E-state index is 13.5. The Hall–Kier alpha value is -3.35. The molecule has 0 spiro atoms. The number of thiophene rings is 1. The Morgan fingerprint density at radius 2 is 2.00 bits per heavy atom. The van der Waals surface area contributed by atoms with Gasteiger partial charge in [-0.25, -0.2) is 8.42 Å². The van der Waals surface area contributed by atoms with Crippen LogP contribution in [0.3, 0.4) is 0 Å². The molecule has 1 N–H and O–H groups in total.